The van der Waals surface area contributed by atoms with E-state index in [0.29, 0.717) is 18.5 Å². The molecular formula is C17H25N3O2. The first kappa shape index (κ1) is 16.2. The molecule has 1 fully saturated rings. The minimum absolute atomic E-state index is 0.325. The molecule has 0 amide bonds. The Morgan fingerprint density at radius 3 is 2.64 bits per heavy atom. The predicted molar refractivity (Wildman–Crippen MR) is 88.5 cm³/mol. The molecule has 1 heterocycles. The number of esters is 1. The van der Waals surface area contributed by atoms with Crippen LogP contribution in [-0.2, 0) is 9.53 Å². The molecule has 0 spiro atoms. The number of carbonyl (C=O) groups is 1. The van der Waals surface area contributed by atoms with Crippen molar-refractivity contribution in [1.82, 2.24) is 4.90 Å². The lowest BCUT2D eigenvalue weighted by atomic mass is 10.1. The van der Waals surface area contributed by atoms with Crippen molar-refractivity contribution in [2.75, 3.05) is 31.1 Å². The SMILES string of the molecule is CCOC(=O)/C=C(\N)N1CCN(c2ccc(C)cc2)C(C)C1. The third-order valence-electron chi connectivity index (χ3n) is 3.91. The molecule has 1 aliphatic heterocycles. The maximum atomic E-state index is 11.5. The Bertz CT molecular complexity index is 539. The van der Waals surface area contributed by atoms with Crippen LogP contribution in [0.1, 0.15) is 19.4 Å². The first-order chi connectivity index (χ1) is 10.5. The second-order valence-corrected chi connectivity index (χ2v) is 5.65. The Morgan fingerprint density at radius 1 is 1.36 bits per heavy atom. The summed E-state index contributed by atoms with van der Waals surface area (Å²) in [5, 5.41) is 0. The van der Waals surface area contributed by atoms with Gasteiger partial charge in [-0.05, 0) is 32.9 Å². The summed E-state index contributed by atoms with van der Waals surface area (Å²) in [7, 11) is 0. The summed E-state index contributed by atoms with van der Waals surface area (Å²) in [5.74, 6) is 0.0995. The Labute approximate surface area is 132 Å². The molecule has 5 nitrogen and oxygen atoms in total. The highest BCUT2D eigenvalue weighted by Crippen LogP contribution is 2.21. The van der Waals surface area contributed by atoms with Gasteiger partial charge in [0.2, 0.25) is 0 Å². The number of hydrogen-bond donors (Lipinski definition) is 1. The molecule has 22 heavy (non-hydrogen) atoms. The standard InChI is InChI=1S/C17H25N3O2/c1-4-22-17(21)11-16(18)19-9-10-20(14(3)12-19)15-7-5-13(2)6-8-15/h5-8,11,14H,4,9-10,12,18H2,1-3H3/b16-11+. The van der Waals surface area contributed by atoms with Crippen molar-refractivity contribution in [1.29, 1.82) is 0 Å². The van der Waals surface area contributed by atoms with E-state index in [9.17, 15) is 4.79 Å². The Kier molecular flexibility index (Phi) is 5.31. The van der Waals surface area contributed by atoms with E-state index in [0.717, 1.165) is 19.6 Å². The van der Waals surface area contributed by atoms with Gasteiger partial charge in [0.15, 0.2) is 0 Å². The predicted octanol–water partition coefficient (Wildman–Crippen LogP) is 1.87. The summed E-state index contributed by atoms with van der Waals surface area (Å²) in [6, 6.07) is 8.89. The van der Waals surface area contributed by atoms with E-state index in [2.05, 4.69) is 43.0 Å². The number of nitrogens with two attached hydrogens (primary N) is 1. The van der Waals surface area contributed by atoms with Gasteiger partial charge in [0.05, 0.1) is 12.7 Å². The highest BCUT2D eigenvalue weighted by molar-refractivity contribution is 5.82. The van der Waals surface area contributed by atoms with Crippen molar-refractivity contribution in [2.24, 2.45) is 5.73 Å². The fourth-order valence-electron chi connectivity index (χ4n) is 2.71. The fourth-order valence-corrected chi connectivity index (χ4v) is 2.71. The number of carbonyl (C=O) groups excluding carboxylic acids is 1. The number of hydrogen-bond acceptors (Lipinski definition) is 5. The Hall–Kier alpha value is -2.17. The number of aryl methyl sites for hydroxylation is 1. The van der Waals surface area contributed by atoms with E-state index < -0.39 is 0 Å². The molecule has 2 N–H and O–H groups in total. The minimum Gasteiger partial charge on any atom is -0.463 e. The van der Waals surface area contributed by atoms with Crippen LogP contribution in [0.4, 0.5) is 5.69 Å². The Balaban J connectivity index is 2.00. The van der Waals surface area contributed by atoms with Crippen LogP contribution in [0.15, 0.2) is 36.2 Å². The van der Waals surface area contributed by atoms with E-state index in [1.165, 1.54) is 17.3 Å². The highest BCUT2D eigenvalue weighted by atomic mass is 16.5. The number of nitrogens with zero attached hydrogens (tertiary/aromatic N) is 2. The van der Waals surface area contributed by atoms with E-state index in [1.807, 2.05) is 4.90 Å². The number of anilines is 1. The van der Waals surface area contributed by atoms with Gasteiger partial charge in [-0.2, -0.15) is 0 Å². The van der Waals surface area contributed by atoms with Crippen molar-refractivity contribution in [3.8, 4) is 0 Å². The van der Waals surface area contributed by atoms with Crippen LogP contribution in [0.5, 0.6) is 0 Å². The van der Waals surface area contributed by atoms with E-state index in [1.54, 1.807) is 6.92 Å². The fraction of sp³-hybridized carbons (Fsp3) is 0.471. The summed E-state index contributed by atoms with van der Waals surface area (Å²) >= 11 is 0. The maximum absolute atomic E-state index is 11.5. The van der Waals surface area contributed by atoms with Crippen molar-refractivity contribution >= 4 is 11.7 Å². The van der Waals surface area contributed by atoms with Crippen molar-refractivity contribution in [3.05, 3.63) is 41.7 Å². The van der Waals surface area contributed by atoms with Crippen LogP contribution in [0.2, 0.25) is 0 Å². The van der Waals surface area contributed by atoms with Gasteiger partial charge in [-0.3, -0.25) is 0 Å². The Morgan fingerprint density at radius 2 is 2.05 bits per heavy atom. The summed E-state index contributed by atoms with van der Waals surface area (Å²) < 4.78 is 4.90. The number of piperazine rings is 1. The molecule has 1 aromatic carbocycles. The van der Waals surface area contributed by atoms with Crippen molar-refractivity contribution in [3.63, 3.8) is 0 Å². The second-order valence-electron chi connectivity index (χ2n) is 5.65. The van der Waals surface area contributed by atoms with Gasteiger partial charge < -0.3 is 20.3 Å². The van der Waals surface area contributed by atoms with Gasteiger partial charge in [-0.1, -0.05) is 17.7 Å². The lowest BCUT2D eigenvalue weighted by Crippen LogP contribution is -2.52. The molecule has 2 rings (SSSR count). The lowest BCUT2D eigenvalue weighted by Gasteiger charge is -2.42. The van der Waals surface area contributed by atoms with E-state index in [4.69, 9.17) is 10.5 Å². The summed E-state index contributed by atoms with van der Waals surface area (Å²) in [6.07, 6.45) is 1.37. The zero-order valence-electron chi connectivity index (χ0n) is 13.6. The molecule has 0 aromatic heterocycles. The van der Waals surface area contributed by atoms with Crippen LogP contribution in [0, 0.1) is 6.92 Å². The third kappa shape index (κ3) is 3.93. The maximum Gasteiger partial charge on any atom is 0.334 e. The zero-order valence-corrected chi connectivity index (χ0v) is 13.6. The number of benzene rings is 1. The molecule has 5 heteroatoms. The summed E-state index contributed by atoms with van der Waals surface area (Å²) in [6.45, 7) is 8.86. The smallest absolute Gasteiger partial charge is 0.334 e. The third-order valence-corrected chi connectivity index (χ3v) is 3.91. The summed E-state index contributed by atoms with van der Waals surface area (Å²) in [4.78, 5) is 15.9. The molecule has 1 atom stereocenters. The molecule has 1 aliphatic rings. The topological polar surface area (TPSA) is 58.8 Å². The van der Waals surface area contributed by atoms with Gasteiger partial charge in [-0.25, -0.2) is 4.79 Å². The van der Waals surface area contributed by atoms with Gasteiger partial charge in [0, 0.05) is 31.4 Å². The molecule has 1 unspecified atom stereocenters. The second kappa shape index (κ2) is 7.20. The van der Waals surface area contributed by atoms with E-state index in [-0.39, 0.29) is 5.97 Å². The first-order valence-corrected chi connectivity index (χ1v) is 7.73. The molecule has 0 aliphatic carbocycles. The number of ether oxygens (including phenoxy) is 1. The van der Waals surface area contributed by atoms with Crippen molar-refractivity contribution < 1.29 is 9.53 Å². The molecule has 0 bridgehead atoms. The molecule has 0 saturated carbocycles. The molecule has 0 radical (unpaired) electrons. The van der Waals surface area contributed by atoms with Crippen LogP contribution in [0.3, 0.4) is 0 Å². The first-order valence-electron chi connectivity index (χ1n) is 7.73. The van der Waals surface area contributed by atoms with Crippen LogP contribution in [-0.4, -0.2) is 43.2 Å². The minimum atomic E-state index is -0.381. The number of rotatable bonds is 4. The van der Waals surface area contributed by atoms with Crippen LogP contribution < -0.4 is 10.6 Å². The molecule has 1 aromatic rings. The van der Waals surface area contributed by atoms with Gasteiger partial charge in [0.25, 0.3) is 0 Å². The molecular weight excluding hydrogens is 278 g/mol. The largest absolute Gasteiger partial charge is 0.463 e. The van der Waals surface area contributed by atoms with E-state index >= 15 is 0 Å². The van der Waals surface area contributed by atoms with Crippen LogP contribution in [0.25, 0.3) is 0 Å². The molecule has 1 saturated heterocycles. The van der Waals surface area contributed by atoms with Gasteiger partial charge in [-0.15, -0.1) is 0 Å². The van der Waals surface area contributed by atoms with Gasteiger partial charge in [0.1, 0.15) is 5.82 Å². The van der Waals surface area contributed by atoms with Gasteiger partial charge >= 0.3 is 5.97 Å². The normalized spacial score (nSPS) is 19.2. The quantitative estimate of drug-likeness (QED) is 0.680. The summed E-state index contributed by atoms with van der Waals surface area (Å²) in [5.41, 5.74) is 8.50. The lowest BCUT2D eigenvalue weighted by molar-refractivity contribution is -0.137. The van der Waals surface area contributed by atoms with Crippen LogP contribution >= 0.6 is 0 Å². The molecule has 120 valence electrons. The average Bonchev–Trinajstić information content (AvgIpc) is 2.48. The monoisotopic (exact) mass is 303 g/mol. The zero-order chi connectivity index (χ0) is 16.1. The van der Waals surface area contributed by atoms with Crippen molar-refractivity contribution in [2.45, 2.75) is 26.8 Å². The highest BCUT2D eigenvalue weighted by Gasteiger charge is 2.24. The average molecular weight is 303 g/mol.